The van der Waals surface area contributed by atoms with Gasteiger partial charge in [0.05, 0.1) is 12.5 Å². The molecule has 120 valence electrons. The van der Waals surface area contributed by atoms with Crippen LogP contribution in [0.4, 0.5) is 0 Å². The van der Waals surface area contributed by atoms with Crippen LogP contribution < -0.4 is 0 Å². The van der Waals surface area contributed by atoms with Gasteiger partial charge in [-0.3, -0.25) is 19.1 Å². The van der Waals surface area contributed by atoms with Crippen LogP contribution in [-0.4, -0.2) is 69.2 Å². The quantitative estimate of drug-likeness (QED) is 0.815. The van der Waals surface area contributed by atoms with Gasteiger partial charge in [0.25, 0.3) is 0 Å². The van der Waals surface area contributed by atoms with Crippen molar-refractivity contribution in [3.05, 3.63) is 18.5 Å². The largest absolute Gasteiger partial charge is 0.481 e. The molecule has 0 bridgehead atoms. The van der Waals surface area contributed by atoms with Crippen molar-refractivity contribution in [1.29, 1.82) is 0 Å². The number of hydrogen-bond donors (Lipinski definition) is 1. The van der Waals surface area contributed by atoms with E-state index in [-0.39, 0.29) is 24.9 Å². The second-order valence-electron chi connectivity index (χ2n) is 5.52. The van der Waals surface area contributed by atoms with Crippen molar-refractivity contribution in [2.75, 3.05) is 26.7 Å². The van der Waals surface area contributed by atoms with Crippen molar-refractivity contribution in [2.45, 2.75) is 19.4 Å². The molecule has 0 aliphatic carbocycles. The molecule has 1 aliphatic rings. The van der Waals surface area contributed by atoms with Crippen molar-refractivity contribution in [2.24, 2.45) is 5.92 Å². The van der Waals surface area contributed by atoms with Gasteiger partial charge in [-0.05, 0) is 19.4 Å². The molecule has 8 heteroatoms. The van der Waals surface area contributed by atoms with E-state index in [4.69, 9.17) is 5.11 Å². The number of hydrogen-bond acceptors (Lipinski definition) is 4. The molecule has 1 saturated heterocycles. The van der Waals surface area contributed by atoms with Gasteiger partial charge < -0.3 is 14.9 Å². The summed E-state index contributed by atoms with van der Waals surface area (Å²) in [4.78, 5) is 38.2. The molecule has 22 heavy (non-hydrogen) atoms. The van der Waals surface area contributed by atoms with Crippen molar-refractivity contribution in [3.63, 3.8) is 0 Å². The van der Waals surface area contributed by atoms with E-state index in [1.54, 1.807) is 32.4 Å². The number of likely N-dealkylation sites (N-methyl/N-ethyl adjacent to an activating group) is 1. The molecule has 2 atom stereocenters. The zero-order chi connectivity index (χ0) is 16.3. The summed E-state index contributed by atoms with van der Waals surface area (Å²) >= 11 is 0. The van der Waals surface area contributed by atoms with Gasteiger partial charge in [0.1, 0.15) is 6.04 Å². The lowest BCUT2D eigenvalue weighted by atomic mass is 10.1. The number of carboxylic acid groups (broad SMARTS) is 1. The lowest BCUT2D eigenvalue weighted by molar-refractivity contribution is -0.143. The number of likely N-dealkylation sites (tertiary alicyclic amines) is 1. The molecule has 2 rings (SSSR count). The van der Waals surface area contributed by atoms with Crippen LogP contribution in [0.5, 0.6) is 0 Å². The second kappa shape index (κ2) is 6.59. The van der Waals surface area contributed by atoms with Crippen LogP contribution in [0, 0.1) is 5.92 Å². The van der Waals surface area contributed by atoms with Crippen LogP contribution in [-0.2, 0) is 14.4 Å². The van der Waals surface area contributed by atoms with E-state index in [0.29, 0.717) is 13.0 Å². The standard InChI is InChI=1S/C14H20N4O4/c1-10(18-6-3-5-15-18)13(20)16(2)9-12(19)17-7-4-11(8-17)14(21)22/h3,5-6,10-11H,4,7-9H2,1-2H3,(H,21,22). The Balaban J connectivity index is 1.89. The Morgan fingerprint density at radius 2 is 2.18 bits per heavy atom. The Kier molecular flexibility index (Phi) is 4.79. The molecule has 0 saturated carbocycles. The van der Waals surface area contributed by atoms with Crippen molar-refractivity contribution >= 4 is 17.8 Å². The first-order chi connectivity index (χ1) is 10.4. The Hall–Kier alpha value is -2.38. The molecular formula is C14H20N4O4. The summed E-state index contributed by atoms with van der Waals surface area (Å²) in [6, 6.07) is 1.24. The summed E-state index contributed by atoms with van der Waals surface area (Å²) in [6.07, 6.45) is 3.74. The number of carbonyl (C=O) groups excluding carboxylic acids is 2. The third-order valence-electron chi connectivity index (χ3n) is 3.92. The molecule has 1 fully saturated rings. The molecule has 0 aromatic carbocycles. The summed E-state index contributed by atoms with van der Waals surface area (Å²) in [5.74, 6) is -1.83. The zero-order valence-corrected chi connectivity index (χ0v) is 12.7. The lowest BCUT2D eigenvalue weighted by Gasteiger charge is -2.24. The maximum absolute atomic E-state index is 12.3. The Morgan fingerprint density at radius 3 is 2.73 bits per heavy atom. The molecule has 1 aromatic heterocycles. The highest BCUT2D eigenvalue weighted by molar-refractivity contribution is 5.87. The number of carboxylic acids is 1. The first-order valence-electron chi connectivity index (χ1n) is 7.15. The molecule has 0 radical (unpaired) electrons. The van der Waals surface area contributed by atoms with Gasteiger partial charge in [0.2, 0.25) is 11.8 Å². The summed E-state index contributed by atoms with van der Waals surface area (Å²) in [6.45, 7) is 2.29. The van der Waals surface area contributed by atoms with Crippen LogP contribution in [0.15, 0.2) is 18.5 Å². The third-order valence-corrected chi connectivity index (χ3v) is 3.92. The Bertz CT molecular complexity index is 557. The Morgan fingerprint density at radius 1 is 1.45 bits per heavy atom. The summed E-state index contributed by atoms with van der Waals surface area (Å²) in [7, 11) is 1.56. The van der Waals surface area contributed by atoms with E-state index in [1.807, 2.05) is 0 Å². The fourth-order valence-electron chi connectivity index (χ4n) is 2.51. The van der Waals surface area contributed by atoms with Crippen LogP contribution in [0.25, 0.3) is 0 Å². The predicted octanol–water partition coefficient (Wildman–Crippen LogP) is -0.164. The zero-order valence-electron chi connectivity index (χ0n) is 12.7. The average Bonchev–Trinajstić information content (AvgIpc) is 3.16. The second-order valence-corrected chi connectivity index (χ2v) is 5.52. The minimum absolute atomic E-state index is 0.0587. The third kappa shape index (κ3) is 3.44. The van der Waals surface area contributed by atoms with E-state index in [9.17, 15) is 14.4 Å². The Labute approximate surface area is 128 Å². The van der Waals surface area contributed by atoms with Crippen molar-refractivity contribution in [1.82, 2.24) is 19.6 Å². The van der Waals surface area contributed by atoms with E-state index >= 15 is 0 Å². The minimum atomic E-state index is -0.882. The SMILES string of the molecule is CC(C(=O)N(C)CC(=O)N1CCC(C(=O)O)C1)n1cccn1. The molecule has 8 nitrogen and oxygen atoms in total. The highest BCUT2D eigenvalue weighted by Gasteiger charge is 2.32. The molecular weight excluding hydrogens is 288 g/mol. The first kappa shape index (κ1) is 16.0. The number of carbonyl (C=O) groups is 3. The average molecular weight is 308 g/mol. The van der Waals surface area contributed by atoms with E-state index in [2.05, 4.69) is 5.10 Å². The molecule has 1 N–H and O–H groups in total. The number of rotatable bonds is 5. The van der Waals surface area contributed by atoms with E-state index < -0.39 is 17.9 Å². The highest BCUT2D eigenvalue weighted by atomic mass is 16.4. The van der Waals surface area contributed by atoms with Gasteiger partial charge in [-0.1, -0.05) is 0 Å². The summed E-state index contributed by atoms with van der Waals surface area (Å²) in [5.41, 5.74) is 0. The maximum atomic E-state index is 12.3. The smallest absolute Gasteiger partial charge is 0.308 e. The fraction of sp³-hybridized carbons (Fsp3) is 0.571. The topological polar surface area (TPSA) is 95.7 Å². The molecule has 0 spiro atoms. The van der Waals surface area contributed by atoms with Gasteiger partial charge in [0.15, 0.2) is 0 Å². The maximum Gasteiger partial charge on any atom is 0.308 e. The number of aromatic nitrogens is 2. The van der Waals surface area contributed by atoms with Gasteiger partial charge >= 0.3 is 5.97 Å². The molecule has 2 amide bonds. The van der Waals surface area contributed by atoms with Gasteiger partial charge in [0, 0.05) is 32.5 Å². The van der Waals surface area contributed by atoms with Gasteiger partial charge in [-0.2, -0.15) is 5.10 Å². The van der Waals surface area contributed by atoms with E-state index in [1.165, 1.54) is 14.5 Å². The van der Waals surface area contributed by atoms with Gasteiger partial charge in [-0.25, -0.2) is 0 Å². The predicted molar refractivity (Wildman–Crippen MR) is 76.9 cm³/mol. The van der Waals surface area contributed by atoms with Crippen LogP contribution >= 0.6 is 0 Å². The normalized spacial score (nSPS) is 19.0. The van der Waals surface area contributed by atoms with Crippen LogP contribution in [0.1, 0.15) is 19.4 Å². The number of nitrogens with zero attached hydrogens (tertiary/aromatic N) is 4. The van der Waals surface area contributed by atoms with Gasteiger partial charge in [-0.15, -0.1) is 0 Å². The first-order valence-corrected chi connectivity index (χ1v) is 7.15. The molecule has 1 aromatic rings. The van der Waals surface area contributed by atoms with Crippen molar-refractivity contribution in [3.8, 4) is 0 Å². The minimum Gasteiger partial charge on any atom is -0.481 e. The summed E-state index contributed by atoms with van der Waals surface area (Å²) < 4.78 is 1.53. The van der Waals surface area contributed by atoms with Crippen LogP contribution in [0.2, 0.25) is 0 Å². The molecule has 1 aliphatic heterocycles. The van der Waals surface area contributed by atoms with Crippen LogP contribution in [0.3, 0.4) is 0 Å². The monoisotopic (exact) mass is 308 g/mol. The number of aliphatic carboxylic acids is 1. The fourth-order valence-corrected chi connectivity index (χ4v) is 2.51. The molecule has 2 unspecified atom stereocenters. The molecule has 2 heterocycles. The van der Waals surface area contributed by atoms with Crippen molar-refractivity contribution < 1.29 is 19.5 Å². The highest BCUT2D eigenvalue weighted by Crippen LogP contribution is 2.17. The lowest BCUT2D eigenvalue weighted by Crippen LogP contribution is -2.42. The summed E-state index contributed by atoms with van der Waals surface area (Å²) in [5, 5.41) is 13.0. The van der Waals surface area contributed by atoms with E-state index in [0.717, 1.165) is 0 Å². The number of amides is 2.